The van der Waals surface area contributed by atoms with Gasteiger partial charge in [0.2, 0.25) is 0 Å². The van der Waals surface area contributed by atoms with E-state index < -0.39 is 0 Å². The molecule has 98 valence electrons. The number of hydrogen-bond acceptors (Lipinski definition) is 1. The lowest BCUT2D eigenvalue weighted by molar-refractivity contribution is 0.212. The van der Waals surface area contributed by atoms with E-state index in [1.165, 1.54) is 9.09 Å². The Morgan fingerprint density at radius 3 is 2.67 bits per heavy atom. The summed E-state index contributed by atoms with van der Waals surface area (Å²) in [6.45, 7) is 10.1. The van der Waals surface area contributed by atoms with Crippen molar-refractivity contribution >= 4 is 45.8 Å². The molecule has 1 aromatic heterocycles. The smallest absolute Gasteiger partial charge is 0.178 e. The van der Waals surface area contributed by atoms with E-state index in [9.17, 15) is 0 Å². The molecule has 1 heterocycles. The topological polar surface area (TPSA) is 20.7 Å². The van der Waals surface area contributed by atoms with Crippen molar-refractivity contribution in [2.24, 2.45) is 11.3 Å². The zero-order chi connectivity index (χ0) is 13.5. The molecule has 0 radical (unpaired) electrons. The van der Waals surface area contributed by atoms with Gasteiger partial charge in [-0.05, 0) is 64.3 Å². The fourth-order valence-electron chi connectivity index (χ4n) is 1.88. The largest absolute Gasteiger partial charge is 0.331 e. The van der Waals surface area contributed by atoms with Crippen molar-refractivity contribution in [3.05, 3.63) is 26.5 Å². The molecule has 1 N–H and O–H groups in total. The minimum Gasteiger partial charge on any atom is -0.331 e. The van der Waals surface area contributed by atoms with Gasteiger partial charge in [0.1, 0.15) is 0 Å². The number of hydrogen-bond donors (Lipinski definition) is 1. The van der Waals surface area contributed by atoms with E-state index in [-0.39, 0.29) is 5.41 Å². The average molecular weight is 374 g/mol. The van der Waals surface area contributed by atoms with Gasteiger partial charge in [-0.2, -0.15) is 0 Å². The highest BCUT2D eigenvalue weighted by molar-refractivity contribution is 14.1. The van der Waals surface area contributed by atoms with Crippen LogP contribution in [0.2, 0.25) is 0 Å². The molecule has 18 heavy (non-hydrogen) atoms. The Balaban J connectivity index is 2.52. The summed E-state index contributed by atoms with van der Waals surface area (Å²) in [5.74, 6) is 0.619. The molecule has 4 heteroatoms. The number of aromatic amines is 1. The van der Waals surface area contributed by atoms with Crippen molar-refractivity contribution in [3.63, 3.8) is 0 Å². The summed E-state index contributed by atoms with van der Waals surface area (Å²) in [4.78, 5) is 3.30. The molecule has 0 saturated heterocycles. The summed E-state index contributed by atoms with van der Waals surface area (Å²) in [6, 6.07) is 6.43. The van der Waals surface area contributed by atoms with Gasteiger partial charge in [-0.3, -0.25) is 0 Å². The zero-order valence-electron chi connectivity index (χ0n) is 11.2. The maximum absolute atomic E-state index is 5.46. The van der Waals surface area contributed by atoms with Crippen LogP contribution in [0.1, 0.15) is 27.7 Å². The molecule has 2 rings (SSSR count). The highest BCUT2D eigenvalue weighted by Crippen LogP contribution is 2.30. The Labute approximate surface area is 127 Å². The van der Waals surface area contributed by atoms with Crippen molar-refractivity contribution in [1.82, 2.24) is 9.55 Å². The van der Waals surface area contributed by atoms with E-state index in [1.807, 2.05) is 0 Å². The molecule has 0 spiro atoms. The van der Waals surface area contributed by atoms with E-state index in [4.69, 9.17) is 12.2 Å². The number of fused-ring (bicyclic) bond motifs is 1. The van der Waals surface area contributed by atoms with Crippen molar-refractivity contribution in [1.29, 1.82) is 0 Å². The predicted molar refractivity (Wildman–Crippen MR) is 88.5 cm³/mol. The number of nitrogens with zero attached hydrogens (tertiary/aromatic N) is 1. The lowest BCUT2D eigenvalue weighted by atomic mass is 9.81. The van der Waals surface area contributed by atoms with E-state index in [2.05, 4.69) is 78.0 Å². The fraction of sp³-hybridized carbons (Fsp3) is 0.500. The lowest BCUT2D eigenvalue weighted by Crippen LogP contribution is -2.25. The van der Waals surface area contributed by atoms with Crippen molar-refractivity contribution in [2.75, 3.05) is 0 Å². The van der Waals surface area contributed by atoms with Crippen LogP contribution >= 0.6 is 34.8 Å². The Bertz CT molecular complexity index is 622. The summed E-state index contributed by atoms with van der Waals surface area (Å²) in [5.41, 5.74) is 2.57. The Morgan fingerprint density at radius 1 is 1.39 bits per heavy atom. The Kier molecular flexibility index (Phi) is 3.88. The minimum absolute atomic E-state index is 0.232. The number of nitrogens with one attached hydrogen (secondary N) is 1. The SMILES string of the molecule is CC(C)C(C)(C)Cn1c(=S)[nH]c2cc(I)ccc21. The van der Waals surface area contributed by atoms with E-state index >= 15 is 0 Å². The first-order valence-electron chi connectivity index (χ1n) is 6.19. The Morgan fingerprint density at radius 2 is 2.06 bits per heavy atom. The van der Waals surface area contributed by atoms with Crippen LogP contribution in [-0.2, 0) is 6.54 Å². The van der Waals surface area contributed by atoms with Crippen LogP contribution in [0.4, 0.5) is 0 Å². The van der Waals surface area contributed by atoms with Gasteiger partial charge in [0.05, 0.1) is 11.0 Å². The van der Waals surface area contributed by atoms with Crippen LogP contribution in [-0.4, -0.2) is 9.55 Å². The summed E-state index contributed by atoms with van der Waals surface area (Å²) in [6.07, 6.45) is 0. The third-order valence-corrected chi connectivity index (χ3v) is 4.86. The van der Waals surface area contributed by atoms with Gasteiger partial charge in [0, 0.05) is 10.1 Å². The molecule has 0 fully saturated rings. The summed E-state index contributed by atoms with van der Waals surface area (Å²) >= 11 is 7.78. The second-order valence-electron chi connectivity index (χ2n) is 5.82. The molecule has 2 aromatic rings. The zero-order valence-corrected chi connectivity index (χ0v) is 14.2. The molecule has 0 unspecified atom stereocenters. The first-order valence-corrected chi connectivity index (χ1v) is 7.68. The Hall–Kier alpha value is -0.360. The summed E-state index contributed by atoms with van der Waals surface area (Å²) in [7, 11) is 0. The second-order valence-corrected chi connectivity index (χ2v) is 7.45. The van der Waals surface area contributed by atoms with E-state index in [0.29, 0.717) is 5.92 Å². The standard InChI is InChI=1S/C14H19IN2S/c1-9(2)14(3,4)8-17-12-6-5-10(15)7-11(12)16-13(17)18/h5-7,9H,8H2,1-4H3,(H,16,18). The minimum atomic E-state index is 0.232. The van der Waals surface area contributed by atoms with Crippen LogP contribution < -0.4 is 0 Å². The van der Waals surface area contributed by atoms with Gasteiger partial charge in [-0.1, -0.05) is 27.7 Å². The van der Waals surface area contributed by atoms with Crippen LogP contribution in [0.3, 0.4) is 0 Å². The van der Waals surface area contributed by atoms with E-state index in [1.54, 1.807) is 0 Å². The van der Waals surface area contributed by atoms with Crippen molar-refractivity contribution in [3.8, 4) is 0 Å². The van der Waals surface area contributed by atoms with Crippen LogP contribution in [0.25, 0.3) is 11.0 Å². The average Bonchev–Trinajstić information content (AvgIpc) is 2.54. The molecule has 0 saturated carbocycles. The van der Waals surface area contributed by atoms with Gasteiger partial charge in [0.15, 0.2) is 4.77 Å². The first-order chi connectivity index (χ1) is 8.31. The van der Waals surface area contributed by atoms with E-state index in [0.717, 1.165) is 16.8 Å². The molecule has 0 amide bonds. The molecule has 0 aliphatic heterocycles. The second kappa shape index (κ2) is 4.96. The third-order valence-electron chi connectivity index (χ3n) is 3.86. The number of H-pyrrole nitrogens is 1. The quantitative estimate of drug-likeness (QED) is 0.593. The highest BCUT2D eigenvalue weighted by Gasteiger charge is 2.24. The number of benzene rings is 1. The number of aromatic nitrogens is 2. The van der Waals surface area contributed by atoms with Crippen LogP contribution in [0, 0.1) is 19.7 Å². The maximum Gasteiger partial charge on any atom is 0.178 e. The normalized spacial score (nSPS) is 12.6. The molecule has 0 bridgehead atoms. The third kappa shape index (κ3) is 2.64. The molecule has 0 aliphatic rings. The van der Waals surface area contributed by atoms with Gasteiger partial charge in [0.25, 0.3) is 0 Å². The van der Waals surface area contributed by atoms with Crippen molar-refractivity contribution in [2.45, 2.75) is 34.2 Å². The van der Waals surface area contributed by atoms with Gasteiger partial charge in [-0.25, -0.2) is 0 Å². The fourth-order valence-corrected chi connectivity index (χ4v) is 2.65. The maximum atomic E-state index is 5.46. The molecular formula is C14H19IN2S. The van der Waals surface area contributed by atoms with Crippen LogP contribution in [0.15, 0.2) is 18.2 Å². The number of rotatable bonds is 3. The molecule has 1 aromatic carbocycles. The summed E-state index contributed by atoms with van der Waals surface area (Å²) < 4.78 is 4.27. The first kappa shape index (κ1) is 14.1. The van der Waals surface area contributed by atoms with Gasteiger partial charge in [-0.15, -0.1) is 0 Å². The molecule has 0 atom stereocenters. The summed E-state index contributed by atoms with van der Waals surface area (Å²) in [5, 5.41) is 0. The number of imidazole rings is 1. The predicted octanol–water partition coefficient (Wildman–Crippen LogP) is 4.99. The van der Waals surface area contributed by atoms with Gasteiger partial charge >= 0.3 is 0 Å². The van der Waals surface area contributed by atoms with Crippen LogP contribution in [0.5, 0.6) is 0 Å². The lowest BCUT2D eigenvalue weighted by Gasteiger charge is -2.29. The molecule has 2 nitrogen and oxygen atoms in total. The number of halogens is 1. The monoisotopic (exact) mass is 374 g/mol. The molecule has 0 aliphatic carbocycles. The van der Waals surface area contributed by atoms with Crippen molar-refractivity contribution < 1.29 is 0 Å². The molecular weight excluding hydrogens is 355 g/mol. The van der Waals surface area contributed by atoms with Gasteiger partial charge < -0.3 is 9.55 Å². The highest BCUT2D eigenvalue weighted by atomic mass is 127.